The van der Waals surface area contributed by atoms with Gasteiger partial charge in [0, 0.05) is 37.2 Å². The highest BCUT2D eigenvalue weighted by molar-refractivity contribution is 5.62. The first kappa shape index (κ1) is 21.1. The van der Waals surface area contributed by atoms with Crippen LogP contribution in [0.3, 0.4) is 0 Å². The Balaban J connectivity index is 2.17. The lowest BCUT2D eigenvalue weighted by Gasteiger charge is -2.34. The zero-order chi connectivity index (χ0) is 21.0. The summed E-state index contributed by atoms with van der Waals surface area (Å²) in [5.41, 5.74) is 11.9. The van der Waals surface area contributed by atoms with Gasteiger partial charge in [-0.2, -0.15) is 5.26 Å². The molecular formula is C24H33N5. The van der Waals surface area contributed by atoms with E-state index in [1.54, 1.807) is 0 Å². The third-order valence-corrected chi connectivity index (χ3v) is 6.07. The van der Waals surface area contributed by atoms with Crippen LogP contribution in [0.15, 0.2) is 12.1 Å². The fourth-order valence-electron chi connectivity index (χ4n) is 4.02. The van der Waals surface area contributed by atoms with Gasteiger partial charge in [0.25, 0.3) is 0 Å². The molecule has 1 atom stereocenters. The Morgan fingerprint density at radius 2 is 1.93 bits per heavy atom. The fraction of sp³-hybridized carbons (Fsp3) is 0.542. The van der Waals surface area contributed by atoms with Crippen LogP contribution in [0.5, 0.6) is 0 Å². The molecule has 0 aliphatic carbocycles. The molecule has 0 saturated carbocycles. The maximum Gasteiger partial charge on any atom is 0.135 e. The van der Waals surface area contributed by atoms with Gasteiger partial charge in [-0.3, -0.25) is 0 Å². The maximum absolute atomic E-state index is 9.85. The molecule has 2 N–H and O–H groups in total. The minimum absolute atomic E-state index is 0.370. The quantitative estimate of drug-likeness (QED) is 0.656. The third-order valence-electron chi connectivity index (χ3n) is 6.07. The van der Waals surface area contributed by atoms with E-state index in [4.69, 9.17) is 15.7 Å². The van der Waals surface area contributed by atoms with Gasteiger partial charge in [0.05, 0.1) is 11.3 Å². The van der Waals surface area contributed by atoms with Gasteiger partial charge in [-0.05, 0) is 42.4 Å². The molecule has 1 aromatic heterocycles. The lowest BCUT2D eigenvalue weighted by Crippen LogP contribution is -2.39. The molecule has 0 amide bonds. The van der Waals surface area contributed by atoms with E-state index in [2.05, 4.69) is 44.7 Å². The van der Waals surface area contributed by atoms with Crippen LogP contribution in [-0.4, -0.2) is 23.1 Å². The minimum Gasteiger partial charge on any atom is -0.398 e. The summed E-state index contributed by atoms with van der Waals surface area (Å²) < 4.78 is 0. The molecule has 154 valence electrons. The molecule has 5 heteroatoms. The molecule has 1 saturated heterocycles. The molecule has 0 spiro atoms. The van der Waals surface area contributed by atoms with Crippen LogP contribution in [0.2, 0.25) is 0 Å². The minimum atomic E-state index is 0.370. The molecule has 5 nitrogen and oxygen atoms in total. The predicted molar refractivity (Wildman–Crippen MR) is 119 cm³/mol. The Hall–Kier alpha value is -2.61. The van der Waals surface area contributed by atoms with Crippen molar-refractivity contribution in [3.8, 4) is 6.07 Å². The normalized spacial score (nSPS) is 14.4. The first-order valence-electron chi connectivity index (χ1n) is 11.0. The second-order valence-electron chi connectivity index (χ2n) is 8.03. The number of nitriles is 1. The van der Waals surface area contributed by atoms with Crippen LogP contribution in [0, 0.1) is 11.3 Å². The number of anilines is 2. The molecule has 0 bridgehead atoms. The number of nitrogens with two attached hydrogens (primary N) is 1. The number of aromatic nitrogens is 2. The van der Waals surface area contributed by atoms with Crippen LogP contribution in [0.25, 0.3) is 0 Å². The highest BCUT2D eigenvalue weighted by Crippen LogP contribution is 2.33. The van der Waals surface area contributed by atoms with E-state index in [1.807, 2.05) is 6.07 Å². The van der Waals surface area contributed by atoms with Crippen LogP contribution >= 0.6 is 0 Å². The summed E-state index contributed by atoms with van der Waals surface area (Å²) in [5, 5.41) is 9.85. The smallest absolute Gasteiger partial charge is 0.135 e. The number of hydrogen-bond donors (Lipinski definition) is 1. The van der Waals surface area contributed by atoms with Gasteiger partial charge in [0.15, 0.2) is 0 Å². The summed E-state index contributed by atoms with van der Waals surface area (Å²) >= 11 is 0. The van der Waals surface area contributed by atoms with Crippen molar-refractivity contribution >= 4 is 11.5 Å². The average molecular weight is 392 g/mol. The van der Waals surface area contributed by atoms with E-state index < -0.39 is 0 Å². The Bertz CT molecular complexity index is 908. The highest BCUT2D eigenvalue weighted by atomic mass is 15.2. The first-order valence-corrected chi connectivity index (χ1v) is 11.0. The SMILES string of the molecule is CCCc1c(Cc2c(C(C)CC)ccc(N)c2C#N)nc(CC)nc1N1CCC1. The van der Waals surface area contributed by atoms with Gasteiger partial charge < -0.3 is 10.6 Å². The van der Waals surface area contributed by atoms with Crippen molar-refractivity contribution < 1.29 is 0 Å². The van der Waals surface area contributed by atoms with E-state index in [1.165, 1.54) is 17.5 Å². The molecule has 1 aliphatic rings. The molecule has 29 heavy (non-hydrogen) atoms. The molecule has 3 rings (SSSR count). The van der Waals surface area contributed by atoms with Crippen molar-refractivity contribution in [3.63, 3.8) is 0 Å². The standard InChI is InChI=1S/C24H33N5/c1-5-9-18-22(27-23(7-3)28-24(18)29-12-8-13-29)14-19-17(16(4)6-2)10-11-21(26)20(19)15-25/h10-11,16H,5-9,12-14,26H2,1-4H3. The van der Waals surface area contributed by atoms with E-state index in [0.29, 0.717) is 23.6 Å². The second-order valence-corrected chi connectivity index (χ2v) is 8.03. The highest BCUT2D eigenvalue weighted by Gasteiger charge is 2.24. The largest absolute Gasteiger partial charge is 0.398 e. The van der Waals surface area contributed by atoms with Gasteiger partial charge in [-0.25, -0.2) is 9.97 Å². The molecule has 1 aliphatic heterocycles. The summed E-state index contributed by atoms with van der Waals surface area (Å²) in [5.74, 6) is 2.36. The number of nitrogen functional groups attached to an aromatic ring is 1. The monoisotopic (exact) mass is 391 g/mol. The Morgan fingerprint density at radius 1 is 1.17 bits per heavy atom. The molecule has 0 radical (unpaired) electrons. The van der Waals surface area contributed by atoms with Crippen molar-refractivity contribution in [2.45, 2.75) is 72.1 Å². The van der Waals surface area contributed by atoms with Crippen molar-refractivity contribution in [2.75, 3.05) is 23.7 Å². The summed E-state index contributed by atoms with van der Waals surface area (Å²) in [7, 11) is 0. The van der Waals surface area contributed by atoms with Crippen molar-refractivity contribution in [3.05, 3.63) is 45.9 Å². The maximum atomic E-state index is 9.85. The van der Waals surface area contributed by atoms with Gasteiger partial charge in [0.2, 0.25) is 0 Å². The van der Waals surface area contributed by atoms with Gasteiger partial charge in [0.1, 0.15) is 17.7 Å². The summed E-state index contributed by atoms with van der Waals surface area (Å²) in [6.45, 7) is 10.8. The van der Waals surface area contributed by atoms with Gasteiger partial charge >= 0.3 is 0 Å². The second kappa shape index (κ2) is 9.26. The van der Waals surface area contributed by atoms with Crippen LogP contribution in [0.4, 0.5) is 11.5 Å². The summed E-state index contributed by atoms with van der Waals surface area (Å²) in [6, 6.07) is 6.33. The molecular weight excluding hydrogens is 358 g/mol. The van der Waals surface area contributed by atoms with Crippen molar-refractivity contribution in [2.24, 2.45) is 0 Å². The number of nitrogens with zero attached hydrogens (tertiary/aromatic N) is 4. The number of benzene rings is 1. The molecule has 2 heterocycles. The predicted octanol–water partition coefficient (Wildman–Crippen LogP) is 4.76. The third kappa shape index (κ3) is 4.22. The number of rotatable bonds is 8. The van der Waals surface area contributed by atoms with Crippen molar-refractivity contribution in [1.29, 1.82) is 5.26 Å². The van der Waals surface area contributed by atoms with Crippen LogP contribution < -0.4 is 10.6 Å². The lowest BCUT2D eigenvalue weighted by molar-refractivity contribution is 0.600. The Labute approximate surface area is 175 Å². The fourth-order valence-corrected chi connectivity index (χ4v) is 4.02. The van der Waals surface area contributed by atoms with E-state index in [-0.39, 0.29) is 0 Å². The van der Waals surface area contributed by atoms with E-state index in [9.17, 15) is 5.26 Å². The zero-order valence-electron chi connectivity index (χ0n) is 18.3. The Kier molecular flexibility index (Phi) is 6.74. The van der Waals surface area contributed by atoms with Gasteiger partial charge in [-0.1, -0.05) is 40.2 Å². The Morgan fingerprint density at radius 3 is 2.48 bits per heavy atom. The molecule has 1 fully saturated rings. The van der Waals surface area contributed by atoms with E-state index >= 15 is 0 Å². The number of aryl methyl sites for hydroxylation is 1. The molecule has 1 aromatic carbocycles. The topological polar surface area (TPSA) is 78.8 Å². The molecule has 2 aromatic rings. The van der Waals surface area contributed by atoms with Crippen LogP contribution in [0.1, 0.15) is 86.6 Å². The van der Waals surface area contributed by atoms with Crippen LogP contribution in [-0.2, 0) is 19.3 Å². The van der Waals surface area contributed by atoms with Gasteiger partial charge in [-0.15, -0.1) is 0 Å². The zero-order valence-corrected chi connectivity index (χ0v) is 18.3. The number of hydrogen-bond acceptors (Lipinski definition) is 5. The molecule has 1 unspecified atom stereocenters. The summed E-state index contributed by atoms with van der Waals surface area (Å²) in [6.07, 6.45) is 5.68. The average Bonchev–Trinajstić information content (AvgIpc) is 2.68. The lowest BCUT2D eigenvalue weighted by atomic mass is 9.87. The first-order chi connectivity index (χ1) is 14.0. The van der Waals surface area contributed by atoms with E-state index in [0.717, 1.165) is 61.7 Å². The summed E-state index contributed by atoms with van der Waals surface area (Å²) in [4.78, 5) is 12.2. The van der Waals surface area contributed by atoms with Crippen molar-refractivity contribution in [1.82, 2.24) is 9.97 Å².